The van der Waals surface area contributed by atoms with E-state index < -0.39 is 76.7 Å². The zero-order chi connectivity index (χ0) is 55.8. The lowest BCUT2D eigenvalue weighted by atomic mass is 9.63. The Morgan fingerprint density at radius 3 is 1.73 bits per heavy atom. The number of ether oxygens (including phenoxy) is 1. The van der Waals surface area contributed by atoms with Crippen LogP contribution in [0.4, 0.5) is 0 Å². The third-order valence-electron chi connectivity index (χ3n) is 15.4. The molecule has 5 atom stereocenters. The Bertz CT molecular complexity index is 2890. The third kappa shape index (κ3) is 12.6. The van der Waals surface area contributed by atoms with Gasteiger partial charge in [-0.1, -0.05) is 121 Å². The van der Waals surface area contributed by atoms with E-state index in [1.807, 2.05) is 121 Å². The van der Waals surface area contributed by atoms with Gasteiger partial charge in [0.05, 0.1) is 24.2 Å². The lowest BCUT2D eigenvalue weighted by Crippen LogP contribution is -2.70. The summed E-state index contributed by atoms with van der Waals surface area (Å²) in [5.41, 5.74) is 11.9. The summed E-state index contributed by atoms with van der Waals surface area (Å²) in [6.45, 7) is 1.92. The van der Waals surface area contributed by atoms with Gasteiger partial charge in [0.1, 0.15) is 16.7 Å². The highest BCUT2D eigenvalue weighted by Crippen LogP contribution is 2.56. The maximum atomic E-state index is 16.6. The number of Topliss-reactive ketones (excluding diaryl/α,β-unsaturated/α-hetero) is 2. The van der Waals surface area contributed by atoms with E-state index in [1.165, 1.54) is 27.9 Å². The molecule has 4 aromatic carbocycles. The van der Waals surface area contributed by atoms with Gasteiger partial charge < -0.3 is 36.6 Å². The number of rotatable bonds is 27. The Morgan fingerprint density at radius 2 is 1.24 bits per heavy atom. The molecule has 6 aromatic rings. The summed E-state index contributed by atoms with van der Waals surface area (Å²) in [5, 5.41) is 9.09. The number of aromatic nitrogens is 2. The summed E-state index contributed by atoms with van der Waals surface area (Å²) >= 11 is 2.18. The van der Waals surface area contributed by atoms with E-state index in [4.69, 9.17) is 21.2 Å². The number of ketones is 2. The number of thiazole rings is 2. The molecular weight excluding hydrogens is 1040 g/mol. The van der Waals surface area contributed by atoms with Crippen molar-refractivity contribution in [3.63, 3.8) is 0 Å². The average Bonchev–Trinajstić information content (AvgIpc) is 3.44. The fraction of sp³-hybridized carbons (Fsp3) is 0.393. The van der Waals surface area contributed by atoms with Gasteiger partial charge >= 0.3 is 5.97 Å². The van der Waals surface area contributed by atoms with Crippen LogP contribution in [0.5, 0.6) is 0 Å². The summed E-state index contributed by atoms with van der Waals surface area (Å²) in [5.74, 6) is -5.78. The standard InChI is InChI=1S/C61H70N8O8S2/c1-2-77-59(76)60(55(73)49(29-16-18-33-63)66-56(74)51-30-19-35-68(51)52(70)38-46(42-20-7-3-8-21-42)43-22-9-4-10-23-43)31-36-69(53(71)39-47(44-24-11-5-12-25-44)45-26-13-6-14-27-45)61(60,58-64-34-37-79-58)57(75)67-48(28-15-17-32-62)54(72)50-40-78-41-65-50/h3-14,20-27,34,37,40-41,46-49,51H,2,15-19,28-33,35-36,38-39,62-63H2,1H3,(H,66,74)(H,67,75)/t48-,49-,51-,60?,61-/m0/s1. The van der Waals surface area contributed by atoms with Gasteiger partial charge in [0.15, 0.2) is 16.7 Å². The van der Waals surface area contributed by atoms with Crippen LogP contribution in [0.3, 0.4) is 0 Å². The number of likely N-dealkylation sites (tertiary alicyclic amines) is 2. The number of hydrogen-bond acceptors (Lipinski definition) is 14. The molecule has 2 saturated heterocycles. The van der Waals surface area contributed by atoms with Crippen LogP contribution < -0.4 is 22.1 Å². The first-order valence-electron chi connectivity index (χ1n) is 27.3. The zero-order valence-electron chi connectivity index (χ0n) is 44.6. The smallest absolute Gasteiger partial charge is 0.323 e. The number of nitrogens with one attached hydrogen (secondary N) is 2. The minimum absolute atomic E-state index is 0.0225. The first-order valence-corrected chi connectivity index (χ1v) is 29.2. The van der Waals surface area contributed by atoms with Crippen molar-refractivity contribution < 1.29 is 38.3 Å². The summed E-state index contributed by atoms with van der Waals surface area (Å²) in [7, 11) is 0. The molecule has 2 aliphatic rings. The SMILES string of the molecule is CCOC(=O)C1(C(=O)[C@H](CCCCN)NC(=O)[C@@H]2CCCN2C(=O)CC(c2ccccc2)c2ccccc2)CCN(C(=O)CC(c2ccccc2)c2ccccc2)[C@@]1(C(=O)N[C@@H](CCCCN)C(=O)c1cscn1)c1nccs1. The molecule has 4 heterocycles. The van der Waals surface area contributed by atoms with Gasteiger partial charge in [-0.3, -0.25) is 33.6 Å². The van der Waals surface area contributed by atoms with Crippen LogP contribution >= 0.6 is 22.7 Å². The Balaban J connectivity index is 1.23. The van der Waals surface area contributed by atoms with Gasteiger partial charge in [-0.25, -0.2) is 9.97 Å². The van der Waals surface area contributed by atoms with Crippen LogP contribution in [0.25, 0.3) is 0 Å². The van der Waals surface area contributed by atoms with E-state index in [2.05, 4.69) is 15.6 Å². The maximum absolute atomic E-state index is 16.6. The van der Waals surface area contributed by atoms with Crippen molar-refractivity contribution >= 4 is 63.8 Å². The lowest BCUT2D eigenvalue weighted by molar-refractivity contribution is -0.175. The molecule has 8 rings (SSSR count). The molecule has 0 spiro atoms. The lowest BCUT2D eigenvalue weighted by Gasteiger charge is -2.46. The number of hydrogen-bond donors (Lipinski definition) is 4. The topological polar surface area (TPSA) is 237 Å². The highest BCUT2D eigenvalue weighted by atomic mass is 32.1. The molecule has 6 N–H and O–H groups in total. The summed E-state index contributed by atoms with van der Waals surface area (Å²) in [4.78, 5) is 121. The summed E-state index contributed by atoms with van der Waals surface area (Å²) in [6, 6.07) is 34.7. The van der Waals surface area contributed by atoms with Crippen LogP contribution in [-0.2, 0) is 39.0 Å². The molecule has 16 nitrogen and oxygen atoms in total. The Kier molecular flexibility index (Phi) is 20.2. The number of carbonyl (C=O) groups is 7. The second kappa shape index (κ2) is 27.6. The molecule has 0 radical (unpaired) electrons. The fourth-order valence-electron chi connectivity index (χ4n) is 11.6. The van der Waals surface area contributed by atoms with Gasteiger partial charge in [0.25, 0.3) is 5.91 Å². The highest BCUT2D eigenvalue weighted by Gasteiger charge is 2.76. The van der Waals surface area contributed by atoms with Crippen LogP contribution in [0.2, 0.25) is 0 Å². The summed E-state index contributed by atoms with van der Waals surface area (Å²) in [6.07, 6.45) is 3.47. The van der Waals surface area contributed by atoms with Crippen LogP contribution in [0, 0.1) is 5.41 Å². The largest absolute Gasteiger partial charge is 0.465 e. The van der Waals surface area contributed by atoms with E-state index in [0.29, 0.717) is 51.6 Å². The predicted molar refractivity (Wildman–Crippen MR) is 304 cm³/mol. The highest BCUT2D eigenvalue weighted by molar-refractivity contribution is 7.10. The molecule has 2 aliphatic heterocycles. The molecule has 2 fully saturated rings. The molecule has 18 heteroatoms. The summed E-state index contributed by atoms with van der Waals surface area (Å²) < 4.78 is 5.96. The van der Waals surface area contributed by atoms with Crippen molar-refractivity contribution in [2.45, 2.75) is 113 Å². The van der Waals surface area contributed by atoms with Gasteiger partial charge in [0, 0.05) is 54.7 Å². The number of benzene rings is 4. The molecule has 1 unspecified atom stereocenters. The number of nitrogens with two attached hydrogens (primary N) is 2. The minimum Gasteiger partial charge on any atom is -0.465 e. The third-order valence-corrected chi connectivity index (χ3v) is 16.9. The normalized spacial score (nSPS) is 18.8. The van der Waals surface area contributed by atoms with Crippen molar-refractivity contribution in [2.75, 3.05) is 32.8 Å². The van der Waals surface area contributed by atoms with Gasteiger partial charge in [-0.15, -0.1) is 22.7 Å². The van der Waals surface area contributed by atoms with Gasteiger partial charge in [-0.05, 0) is 100 Å². The van der Waals surface area contributed by atoms with Crippen LogP contribution in [0.1, 0.15) is 127 Å². The van der Waals surface area contributed by atoms with Crippen molar-refractivity contribution in [3.05, 3.63) is 177 Å². The van der Waals surface area contributed by atoms with E-state index in [0.717, 1.165) is 33.6 Å². The zero-order valence-corrected chi connectivity index (χ0v) is 46.2. The first kappa shape index (κ1) is 57.9. The first-order chi connectivity index (χ1) is 38.5. The van der Waals surface area contributed by atoms with Gasteiger partial charge in [-0.2, -0.15) is 0 Å². The molecule has 4 amide bonds. The second-order valence-corrected chi connectivity index (χ2v) is 21.7. The number of unbranched alkanes of at least 4 members (excludes halogenated alkanes) is 2. The average molecular weight is 1110 g/mol. The van der Waals surface area contributed by atoms with Crippen LogP contribution in [-0.4, -0.2) is 112 Å². The quantitative estimate of drug-likeness (QED) is 0.0168. The molecule has 0 bridgehead atoms. The van der Waals surface area contributed by atoms with Gasteiger partial charge in [0.2, 0.25) is 23.5 Å². The second-order valence-electron chi connectivity index (χ2n) is 20.1. The Labute approximate surface area is 469 Å². The van der Waals surface area contributed by atoms with E-state index in [1.54, 1.807) is 22.6 Å². The molecule has 2 aromatic heterocycles. The number of esters is 1. The number of carbonyl (C=O) groups excluding carboxylic acids is 7. The maximum Gasteiger partial charge on any atom is 0.323 e. The van der Waals surface area contributed by atoms with E-state index >= 15 is 24.0 Å². The number of nitrogens with zero attached hydrogens (tertiary/aromatic N) is 4. The number of amides is 4. The van der Waals surface area contributed by atoms with Crippen molar-refractivity contribution in [3.8, 4) is 0 Å². The molecular formula is C61H70N8O8S2. The fourth-order valence-corrected chi connectivity index (χ4v) is 13.0. The monoisotopic (exact) mass is 1110 g/mol. The van der Waals surface area contributed by atoms with Crippen molar-refractivity contribution in [1.82, 2.24) is 30.4 Å². The minimum atomic E-state index is -2.59. The molecule has 0 aliphatic carbocycles. The van der Waals surface area contributed by atoms with Crippen molar-refractivity contribution in [1.29, 1.82) is 0 Å². The molecule has 414 valence electrons. The van der Waals surface area contributed by atoms with Crippen molar-refractivity contribution in [2.24, 2.45) is 16.9 Å². The van der Waals surface area contributed by atoms with Crippen LogP contribution in [0.15, 0.2) is 144 Å². The molecule has 79 heavy (non-hydrogen) atoms. The van der Waals surface area contributed by atoms with E-state index in [-0.39, 0.29) is 67.9 Å². The predicted octanol–water partition coefficient (Wildman–Crippen LogP) is 7.69. The van der Waals surface area contributed by atoms with E-state index in [9.17, 15) is 9.59 Å². The Hall–Kier alpha value is -7.25. The molecule has 0 saturated carbocycles. The Morgan fingerprint density at radius 1 is 0.696 bits per heavy atom.